The molecule has 3 fully saturated rings. The van der Waals surface area contributed by atoms with Gasteiger partial charge in [-0.05, 0) is 98.7 Å². The monoisotopic (exact) mass is 947 g/mol. The van der Waals surface area contributed by atoms with Crippen molar-refractivity contribution in [2.24, 2.45) is 11.8 Å². The summed E-state index contributed by atoms with van der Waals surface area (Å²) in [7, 11) is 2.65. The summed E-state index contributed by atoms with van der Waals surface area (Å²) in [6.45, 7) is 8.70. The number of aliphatic hydroxyl groups is 1. The number of ether oxygens (including phenoxy) is 3. The smallest absolute Gasteiger partial charge is 0.407 e. The first-order chi connectivity index (χ1) is 32.8. The number of nitrogens with one attached hydrogen (secondary N) is 4. The number of nitrogens with zero attached hydrogens (tertiary/aromatic N) is 5. The van der Waals surface area contributed by atoms with Crippen molar-refractivity contribution in [2.75, 3.05) is 27.3 Å². The van der Waals surface area contributed by atoms with Crippen LogP contribution in [-0.2, 0) is 19.1 Å². The largest absolute Gasteiger partial charge is 0.464 e. The summed E-state index contributed by atoms with van der Waals surface area (Å²) >= 11 is 1.74. The molecule has 2 saturated heterocycles. The number of aromatic amines is 2. The van der Waals surface area contributed by atoms with E-state index >= 15 is 4.39 Å². The van der Waals surface area contributed by atoms with E-state index in [-0.39, 0.29) is 35.7 Å². The molecule has 4 aromatic heterocycles. The minimum absolute atomic E-state index is 0.112. The molecule has 3 aliphatic heterocycles. The summed E-state index contributed by atoms with van der Waals surface area (Å²) in [5.74, 6) is 1.21. The summed E-state index contributed by atoms with van der Waals surface area (Å²) in [4.78, 5) is 62.1. The lowest BCUT2D eigenvalue weighted by Crippen LogP contribution is -2.52. The van der Waals surface area contributed by atoms with Crippen LogP contribution < -0.4 is 15.4 Å². The summed E-state index contributed by atoms with van der Waals surface area (Å²) in [6.07, 6.45) is 6.33. The van der Waals surface area contributed by atoms with E-state index in [9.17, 15) is 19.5 Å². The predicted octanol–water partition coefficient (Wildman–Crippen LogP) is 8.35. The van der Waals surface area contributed by atoms with Crippen molar-refractivity contribution in [1.82, 2.24) is 44.9 Å². The zero-order chi connectivity index (χ0) is 47.5. The Balaban J connectivity index is 0.962. The molecule has 5 N–H and O–H groups in total. The number of rotatable bonds is 14. The Hall–Kier alpha value is -6.08. The fourth-order valence-corrected chi connectivity index (χ4v) is 11.3. The molecule has 358 valence electrons. The number of thiophene rings is 1. The summed E-state index contributed by atoms with van der Waals surface area (Å²) in [5, 5.41) is 16.6. The second kappa shape index (κ2) is 18.4. The highest BCUT2D eigenvalue weighted by Gasteiger charge is 2.40. The van der Waals surface area contributed by atoms with E-state index in [1.54, 1.807) is 33.5 Å². The molecule has 1 saturated carbocycles. The average Bonchev–Trinajstić information content (AvgIpc) is 4.05. The van der Waals surface area contributed by atoms with Crippen LogP contribution in [0.25, 0.3) is 44.7 Å². The molecular weight excluding hydrogens is 890 g/mol. The first-order valence-electron chi connectivity index (χ1n) is 23.6. The number of likely N-dealkylation sites (tertiary alicyclic amines) is 2. The standard InChI is InChI=1S/C50H58FN9O7S/c1-25(2)42(56-49(63)65-5)46(61)58-17-7-9-35(58)44-52-23-32(54-44)28-13-14-34-30(19-28)21-37-41-31(51)20-29(22-38(41)67-48(60(34)37)40-16-15-39(68-40)27-11-12-27)33-24-53-45(55-33)36-10-8-18-59(36)47(62)43(26(3)4)57-50(64)66-6/h13-16,19-27,35-36,42-43,48,50,57,64H,7-12,17-18H2,1-6H3,(H,52,54)(H,53,55)(H,56,63)/t35-,36-,42-,43-,48-,50?/m0/s1. The molecule has 7 heterocycles. The Morgan fingerprint density at radius 3 is 2.07 bits per heavy atom. The number of carbonyl (C=O) groups excluding carboxylic acids is 3. The van der Waals surface area contributed by atoms with Gasteiger partial charge in [-0.25, -0.2) is 19.2 Å². The molecule has 4 aliphatic rings. The average molecular weight is 948 g/mol. The van der Waals surface area contributed by atoms with Gasteiger partial charge < -0.3 is 44.4 Å². The molecule has 0 spiro atoms. The minimum atomic E-state index is -1.28. The Labute approximate surface area is 397 Å². The van der Waals surface area contributed by atoms with Crippen molar-refractivity contribution < 1.29 is 38.1 Å². The van der Waals surface area contributed by atoms with Crippen molar-refractivity contribution in [2.45, 2.75) is 109 Å². The van der Waals surface area contributed by atoms with Crippen molar-refractivity contribution in [3.8, 4) is 39.5 Å². The molecule has 18 heteroatoms. The molecule has 6 atom stereocenters. The van der Waals surface area contributed by atoms with Crippen molar-refractivity contribution in [1.29, 1.82) is 0 Å². The first kappa shape index (κ1) is 45.7. The number of benzene rings is 2. The van der Waals surface area contributed by atoms with Crippen molar-refractivity contribution in [3.05, 3.63) is 88.1 Å². The van der Waals surface area contributed by atoms with Gasteiger partial charge in [0.05, 0.1) is 70.7 Å². The van der Waals surface area contributed by atoms with Gasteiger partial charge in [-0.1, -0.05) is 33.8 Å². The summed E-state index contributed by atoms with van der Waals surface area (Å²) < 4.78 is 35.7. The molecule has 16 nitrogen and oxygen atoms in total. The maximum absolute atomic E-state index is 16.9. The molecule has 3 amide bonds. The van der Waals surface area contributed by atoms with Crippen LogP contribution in [0.3, 0.4) is 0 Å². The second-order valence-corrected chi connectivity index (χ2v) is 20.2. The summed E-state index contributed by atoms with van der Waals surface area (Å²) in [6, 6.07) is 13.8. The van der Waals surface area contributed by atoms with Gasteiger partial charge in [-0.15, -0.1) is 11.3 Å². The lowest BCUT2D eigenvalue weighted by atomic mass is 10.0. The van der Waals surface area contributed by atoms with Crippen molar-refractivity contribution in [3.63, 3.8) is 0 Å². The predicted molar refractivity (Wildman–Crippen MR) is 254 cm³/mol. The highest BCUT2D eigenvalue weighted by molar-refractivity contribution is 7.12. The summed E-state index contributed by atoms with van der Waals surface area (Å²) in [5.41, 5.74) is 4.75. The number of alkyl carbamates (subject to hydrolysis) is 1. The van der Waals surface area contributed by atoms with Gasteiger partial charge >= 0.3 is 6.09 Å². The van der Waals surface area contributed by atoms with Crippen LogP contribution in [0.1, 0.15) is 112 Å². The van der Waals surface area contributed by atoms with E-state index in [0.29, 0.717) is 65.3 Å². The molecule has 2 aromatic carbocycles. The minimum Gasteiger partial charge on any atom is -0.464 e. The zero-order valence-electron chi connectivity index (χ0n) is 39.0. The third-order valence-electron chi connectivity index (χ3n) is 13.9. The van der Waals surface area contributed by atoms with Gasteiger partial charge in [0.2, 0.25) is 24.5 Å². The zero-order valence-corrected chi connectivity index (χ0v) is 39.9. The maximum atomic E-state index is 16.9. The third kappa shape index (κ3) is 8.45. The number of carbonyl (C=O) groups is 3. The fourth-order valence-electron chi connectivity index (χ4n) is 10.1. The van der Waals surface area contributed by atoms with E-state index in [4.69, 9.17) is 24.2 Å². The topological polar surface area (TPSA) is 192 Å². The molecule has 0 radical (unpaired) electrons. The Morgan fingerprint density at radius 2 is 1.46 bits per heavy atom. The number of hydrogen-bond donors (Lipinski definition) is 5. The Morgan fingerprint density at radius 1 is 0.824 bits per heavy atom. The Bertz CT molecular complexity index is 2860. The van der Waals surface area contributed by atoms with Crippen LogP contribution in [0.5, 0.6) is 5.75 Å². The molecular formula is C50H58FN9O7S. The number of hydrogen-bond acceptors (Lipinski definition) is 11. The van der Waals surface area contributed by atoms with Gasteiger partial charge in [-0.2, -0.15) is 0 Å². The SMILES string of the molecule is COC(=O)N[C@H](C(=O)N1CCC[C@H]1c1ncc(-c2ccc3c(c2)cc2n3[C@H](c3ccc(C4CC4)s3)Oc3cc(-c4cnc([C@@H]5CCCN5C(=O)[C@@H](NC(O)OC)C(C)C)[nH]4)cc(F)c3-2)[nH]1)C(C)C. The van der Waals surface area contributed by atoms with Crippen LogP contribution in [0.15, 0.2) is 60.9 Å². The quantitative estimate of drug-likeness (QED) is 0.0664. The number of aliphatic hydroxyl groups excluding tert-OH is 1. The van der Waals surface area contributed by atoms with Crippen LogP contribution >= 0.6 is 11.3 Å². The van der Waals surface area contributed by atoms with E-state index in [1.807, 2.05) is 52.0 Å². The number of H-pyrrole nitrogens is 2. The van der Waals surface area contributed by atoms with E-state index in [0.717, 1.165) is 46.3 Å². The first-order valence-corrected chi connectivity index (χ1v) is 24.4. The Kier molecular flexibility index (Phi) is 12.4. The normalized spacial score (nSPS) is 20.4. The molecule has 0 bridgehead atoms. The lowest BCUT2D eigenvalue weighted by molar-refractivity contribution is -0.145. The number of methoxy groups -OCH3 is 2. The number of amides is 3. The highest BCUT2D eigenvalue weighted by atomic mass is 32.1. The highest BCUT2D eigenvalue weighted by Crippen LogP contribution is 2.50. The van der Waals surface area contributed by atoms with Gasteiger partial charge in [0.1, 0.15) is 29.3 Å². The number of imidazole rings is 2. The molecule has 6 aromatic rings. The molecule has 68 heavy (non-hydrogen) atoms. The fraction of sp³-hybridized carbons (Fsp3) is 0.460. The van der Waals surface area contributed by atoms with E-state index in [2.05, 4.69) is 43.4 Å². The third-order valence-corrected chi connectivity index (χ3v) is 15.2. The number of fused-ring (bicyclic) bond motifs is 5. The second-order valence-electron chi connectivity index (χ2n) is 19.1. The molecule has 10 rings (SSSR count). The van der Waals surface area contributed by atoms with Crippen LogP contribution in [0, 0.1) is 17.7 Å². The van der Waals surface area contributed by atoms with Crippen molar-refractivity contribution >= 4 is 40.1 Å². The maximum Gasteiger partial charge on any atom is 0.407 e. The van der Waals surface area contributed by atoms with Gasteiger partial charge in [0, 0.05) is 41.6 Å². The van der Waals surface area contributed by atoms with Gasteiger partial charge in [-0.3, -0.25) is 19.5 Å². The van der Waals surface area contributed by atoms with Gasteiger partial charge in [0.25, 0.3) is 0 Å². The lowest BCUT2D eigenvalue weighted by Gasteiger charge is -2.31. The number of halogens is 1. The number of aromatic nitrogens is 5. The molecule has 1 unspecified atom stereocenters. The van der Waals surface area contributed by atoms with E-state index in [1.165, 1.54) is 38.0 Å². The van der Waals surface area contributed by atoms with Gasteiger partial charge in [0.15, 0.2) is 0 Å². The van der Waals surface area contributed by atoms with Crippen LogP contribution in [-0.4, -0.2) is 103 Å². The van der Waals surface area contributed by atoms with Crippen LogP contribution in [0.2, 0.25) is 0 Å². The van der Waals surface area contributed by atoms with E-state index < -0.39 is 36.6 Å². The molecule has 1 aliphatic carbocycles. The van der Waals surface area contributed by atoms with Crippen LogP contribution in [0.4, 0.5) is 9.18 Å².